The summed E-state index contributed by atoms with van der Waals surface area (Å²) in [5, 5.41) is 8.64. The summed E-state index contributed by atoms with van der Waals surface area (Å²) < 4.78 is 5.99. The molecular weight excluding hydrogens is 432 g/mol. The molecule has 0 aromatic heterocycles. The predicted molar refractivity (Wildman–Crippen MR) is 151 cm³/mol. The second-order valence-corrected chi connectivity index (χ2v) is 10.5. The third-order valence-corrected chi connectivity index (χ3v) is 7.02. The summed E-state index contributed by atoms with van der Waals surface area (Å²) in [6, 6.07) is 8.70. The van der Waals surface area contributed by atoms with Crippen molar-refractivity contribution in [1.29, 1.82) is 0 Å². The van der Waals surface area contributed by atoms with Gasteiger partial charge in [0.15, 0.2) is 0 Å². The zero-order chi connectivity index (χ0) is 25.2. The Morgan fingerprint density at radius 2 is 1.14 bits per heavy atom. The van der Waals surface area contributed by atoms with Crippen molar-refractivity contribution in [2.24, 2.45) is 0 Å². The molecular formula is C32H56O3. The SMILES string of the molecule is CCCCCCCCCCCCCCCc1cccc(OCCCCCCCCCCC(=O)O)c1. The number of hydrogen-bond donors (Lipinski definition) is 1. The minimum absolute atomic E-state index is 0.317. The van der Waals surface area contributed by atoms with Crippen LogP contribution in [0.2, 0.25) is 0 Å². The van der Waals surface area contributed by atoms with Gasteiger partial charge in [0.05, 0.1) is 6.61 Å². The van der Waals surface area contributed by atoms with Crippen LogP contribution in [0.25, 0.3) is 0 Å². The van der Waals surface area contributed by atoms with E-state index in [-0.39, 0.29) is 0 Å². The van der Waals surface area contributed by atoms with Gasteiger partial charge in [-0.05, 0) is 43.4 Å². The maximum absolute atomic E-state index is 10.5. The molecule has 0 amide bonds. The minimum atomic E-state index is -0.671. The Balaban J connectivity index is 1.92. The van der Waals surface area contributed by atoms with E-state index >= 15 is 0 Å². The van der Waals surface area contributed by atoms with E-state index in [1.165, 1.54) is 121 Å². The summed E-state index contributed by atoms with van der Waals surface area (Å²) in [5.74, 6) is 0.353. The molecule has 35 heavy (non-hydrogen) atoms. The Morgan fingerprint density at radius 1 is 0.657 bits per heavy atom. The fourth-order valence-corrected chi connectivity index (χ4v) is 4.77. The molecule has 0 saturated heterocycles. The maximum atomic E-state index is 10.5. The first-order valence-corrected chi connectivity index (χ1v) is 15.2. The molecule has 0 bridgehead atoms. The van der Waals surface area contributed by atoms with Gasteiger partial charge in [-0.15, -0.1) is 0 Å². The molecule has 1 N–H and O–H groups in total. The third-order valence-electron chi connectivity index (χ3n) is 7.02. The summed E-state index contributed by atoms with van der Waals surface area (Å²) in [6.07, 6.45) is 28.8. The van der Waals surface area contributed by atoms with Crippen molar-refractivity contribution in [2.75, 3.05) is 6.61 Å². The van der Waals surface area contributed by atoms with E-state index in [0.717, 1.165) is 38.0 Å². The average molecular weight is 489 g/mol. The van der Waals surface area contributed by atoms with Crippen molar-refractivity contribution in [3.63, 3.8) is 0 Å². The lowest BCUT2D eigenvalue weighted by Gasteiger charge is -2.08. The minimum Gasteiger partial charge on any atom is -0.494 e. The lowest BCUT2D eigenvalue weighted by molar-refractivity contribution is -0.137. The van der Waals surface area contributed by atoms with Gasteiger partial charge in [-0.1, -0.05) is 135 Å². The van der Waals surface area contributed by atoms with Crippen LogP contribution >= 0.6 is 0 Å². The van der Waals surface area contributed by atoms with Gasteiger partial charge in [-0.3, -0.25) is 4.79 Å². The quantitative estimate of drug-likeness (QED) is 0.132. The van der Waals surface area contributed by atoms with E-state index in [1.807, 2.05) is 0 Å². The van der Waals surface area contributed by atoms with Gasteiger partial charge in [0.25, 0.3) is 0 Å². The molecule has 3 heteroatoms. The number of carboxylic acid groups (broad SMARTS) is 1. The van der Waals surface area contributed by atoms with E-state index in [9.17, 15) is 4.79 Å². The van der Waals surface area contributed by atoms with Crippen LogP contribution in [0.3, 0.4) is 0 Å². The van der Waals surface area contributed by atoms with E-state index in [0.29, 0.717) is 6.42 Å². The third kappa shape index (κ3) is 21.5. The molecule has 0 atom stereocenters. The highest BCUT2D eigenvalue weighted by Gasteiger charge is 2.00. The number of rotatable bonds is 26. The number of benzene rings is 1. The molecule has 0 spiro atoms. The molecule has 0 aliphatic carbocycles. The smallest absolute Gasteiger partial charge is 0.303 e. The van der Waals surface area contributed by atoms with Crippen LogP contribution in [-0.4, -0.2) is 17.7 Å². The number of hydrogen-bond acceptors (Lipinski definition) is 2. The highest BCUT2D eigenvalue weighted by molar-refractivity contribution is 5.66. The Kier molecular flexibility index (Phi) is 21.8. The molecule has 1 aromatic carbocycles. The van der Waals surface area contributed by atoms with Crippen molar-refractivity contribution < 1.29 is 14.6 Å². The second-order valence-electron chi connectivity index (χ2n) is 10.5. The number of carbonyl (C=O) groups is 1. The molecule has 1 aromatic rings. The number of carboxylic acids is 1. The summed E-state index contributed by atoms with van der Waals surface area (Å²) in [6.45, 7) is 3.09. The molecule has 0 heterocycles. The normalized spacial score (nSPS) is 11.1. The molecule has 0 saturated carbocycles. The largest absolute Gasteiger partial charge is 0.494 e. The Hall–Kier alpha value is -1.51. The van der Waals surface area contributed by atoms with Crippen molar-refractivity contribution in [3.05, 3.63) is 29.8 Å². The summed E-state index contributed by atoms with van der Waals surface area (Å²) >= 11 is 0. The maximum Gasteiger partial charge on any atom is 0.303 e. The fraction of sp³-hybridized carbons (Fsp3) is 0.781. The lowest BCUT2D eigenvalue weighted by Crippen LogP contribution is -1.98. The Labute approximate surface area is 217 Å². The molecule has 1 rings (SSSR count). The first-order chi connectivity index (χ1) is 17.2. The predicted octanol–water partition coefficient (Wildman–Crippen LogP) is 10.3. The number of aliphatic carboxylic acids is 1. The van der Waals surface area contributed by atoms with E-state index < -0.39 is 5.97 Å². The van der Waals surface area contributed by atoms with Crippen LogP contribution in [0.4, 0.5) is 0 Å². The van der Waals surface area contributed by atoms with Gasteiger partial charge < -0.3 is 9.84 Å². The van der Waals surface area contributed by atoms with Crippen LogP contribution in [-0.2, 0) is 11.2 Å². The first kappa shape index (κ1) is 31.5. The van der Waals surface area contributed by atoms with Gasteiger partial charge in [-0.25, -0.2) is 0 Å². The van der Waals surface area contributed by atoms with Crippen LogP contribution in [0.15, 0.2) is 24.3 Å². The molecule has 0 fully saturated rings. The van der Waals surface area contributed by atoms with E-state index in [1.54, 1.807) is 0 Å². The molecule has 0 aliphatic rings. The summed E-state index contributed by atoms with van der Waals surface area (Å²) in [4.78, 5) is 10.5. The lowest BCUT2D eigenvalue weighted by atomic mass is 10.0. The van der Waals surface area contributed by atoms with Crippen LogP contribution < -0.4 is 4.74 Å². The number of unbranched alkanes of at least 4 members (excludes halogenated alkanes) is 19. The van der Waals surface area contributed by atoms with Gasteiger partial charge in [0.1, 0.15) is 5.75 Å². The topological polar surface area (TPSA) is 46.5 Å². The highest BCUT2D eigenvalue weighted by atomic mass is 16.5. The molecule has 0 radical (unpaired) electrons. The van der Waals surface area contributed by atoms with Gasteiger partial charge >= 0.3 is 5.97 Å². The van der Waals surface area contributed by atoms with Gasteiger partial charge in [0.2, 0.25) is 0 Å². The zero-order valence-corrected chi connectivity index (χ0v) is 23.0. The van der Waals surface area contributed by atoms with Crippen molar-refractivity contribution >= 4 is 5.97 Å². The van der Waals surface area contributed by atoms with Crippen LogP contribution in [0, 0.1) is 0 Å². The molecule has 0 unspecified atom stereocenters. The van der Waals surface area contributed by atoms with Gasteiger partial charge in [0, 0.05) is 6.42 Å². The van der Waals surface area contributed by atoms with Crippen LogP contribution in [0.5, 0.6) is 5.75 Å². The highest BCUT2D eigenvalue weighted by Crippen LogP contribution is 2.18. The summed E-state index contributed by atoms with van der Waals surface area (Å²) in [7, 11) is 0. The van der Waals surface area contributed by atoms with Crippen molar-refractivity contribution in [3.8, 4) is 5.75 Å². The van der Waals surface area contributed by atoms with Gasteiger partial charge in [-0.2, -0.15) is 0 Å². The molecule has 202 valence electrons. The zero-order valence-electron chi connectivity index (χ0n) is 23.0. The van der Waals surface area contributed by atoms with Crippen molar-refractivity contribution in [1.82, 2.24) is 0 Å². The van der Waals surface area contributed by atoms with Crippen molar-refractivity contribution in [2.45, 2.75) is 155 Å². The van der Waals surface area contributed by atoms with E-state index in [2.05, 4.69) is 31.2 Å². The van der Waals surface area contributed by atoms with E-state index in [4.69, 9.17) is 9.84 Å². The van der Waals surface area contributed by atoms with Crippen LogP contribution in [0.1, 0.15) is 154 Å². The second kappa shape index (κ2) is 24.2. The number of aryl methyl sites for hydroxylation is 1. The summed E-state index contributed by atoms with van der Waals surface area (Å²) in [5.41, 5.74) is 1.41. The standard InChI is InChI=1S/C32H56O3/c1-2-3-4-5-6-7-8-9-10-11-14-17-20-24-30-25-23-26-31(29-30)35-28-22-19-16-13-12-15-18-21-27-32(33)34/h23,25-26,29H,2-22,24,27-28H2,1H3,(H,33,34). The fourth-order valence-electron chi connectivity index (χ4n) is 4.77. The number of ether oxygens (including phenoxy) is 1. The average Bonchev–Trinajstić information content (AvgIpc) is 2.85. The Bertz CT molecular complexity index is 598. The first-order valence-electron chi connectivity index (χ1n) is 15.2. The Morgan fingerprint density at radius 3 is 1.69 bits per heavy atom. The monoisotopic (exact) mass is 488 g/mol. The molecule has 3 nitrogen and oxygen atoms in total. The molecule has 0 aliphatic heterocycles.